The average Bonchev–Trinajstić information content (AvgIpc) is 2.64. The van der Waals surface area contributed by atoms with Crippen LogP contribution in [0.1, 0.15) is 64.2 Å². The second-order valence-corrected chi connectivity index (χ2v) is 5.84. The van der Waals surface area contributed by atoms with Crippen LogP contribution in [0.5, 0.6) is 0 Å². The lowest BCUT2D eigenvalue weighted by atomic mass is 10.2. The summed E-state index contributed by atoms with van der Waals surface area (Å²) in [5.74, 6) is -0.696. The predicted octanol–water partition coefficient (Wildman–Crippen LogP) is 4.29. The van der Waals surface area contributed by atoms with Crippen LogP contribution in [0.15, 0.2) is 25.7 Å². The van der Waals surface area contributed by atoms with E-state index in [1.807, 2.05) is 0 Å². The highest BCUT2D eigenvalue weighted by molar-refractivity contribution is 5.77. The number of hydrogen-bond acceptors (Lipinski definition) is 6. The van der Waals surface area contributed by atoms with E-state index in [0.29, 0.717) is 26.4 Å². The van der Waals surface area contributed by atoms with Crippen molar-refractivity contribution in [3.8, 4) is 0 Å². The van der Waals surface area contributed by atoms with E-state index in [0.717, 1.165) is 51.4 Å². The number of ether oxygens (including phenoxy) is 4. The molecule has 0 unspecified atom stereocenters. The lowest BCUT2D eigenvalue weighted by Gasteiger charge is -2.06. The second-order valence-electron chi connectivity index (χ2n) is 5.84. The van der Waals surface area contributed by atoms with E-state index >= 15 is 0 Å². The van der Waals surface area contributed by atoms with Crippen LogP contribution in [0.3, 0.4) is 0 Å². The fourth-order valence-electron chi connectivity index (χ4n) is 2.17. The molecule has 0 bridgehead atoms. The summed E-state index contributed by atoms with van der Waals surface area (Å²) in [7, 11) is 0. The van der Waals surface area contributed by atoms with E-state index in [9.17, 15) is 9.59 Å². The summed E-state index contributed by atoms with van der Waals surface area (Å²) < 4.78 is 20.2. The Hall–Kier alpha value is -1.98. The molecule has 0 saturated heterocycles. The van der Waals surface area contributed by atoms with E-state index in [-0.39, 0.29) is 24.8 Å². The summed E-state index contributed by atoms with van der Waals surface area (Å²) in [6.07, 6.45) is 10.6. The third kappa shape index (κ3) is 18.4. The molecule has 0 fully saturated rings. The van der Waals surface area contributed by atoms with Crippen LogP contribution in [0, 0.1) is 0 Å². The summed E-state index contributed by atoms with van der Waals surface area (Å²) in [5.41, 5.74) is 0. The maximum absolute atomic E-state index is 11.5. The molecule has 0 aromatic heterocycles. The Morgan fingerprint density at radius 3 is 1.27 bits per heavy atom. The molecule has 0 N–H and O–H groups in total. The molecule has 0 aliphatic carbocycles. The highest BCUT2D eigenvalue weighted by atomic mass is 16.5. The SMILES string of the molecule is C=COCCCCCCOC(=O)CCC(=O)OCCCCCCOC=C. The molecule has 0 aliphatic rings. The molecule has 0 heterocycles. The van der Waals surface area contributed by atoms with Crippen molar-refractivity contribution >= 4 is 11.9 Å². The van der Waals surface area contributed by atoms with E-state index in [4.69, 9.17) is 18.9 Å². The number of esters is 2. The number of carbonyl (C=O) groups excluding carboxylic acids is 2. The fourth-order valence-corrected chi connectivity index (χ4v) is 2.17. The molecule has 0 aromatic carbocycles. The molecule has 150 valence electrons. The topological polar surface area (TPSA) is 71.1 Å². The number of carbonyl (C=O) groups is 2. The summed E-state index contributed by atoms with van der Waals surface area (Å²) in [6, 6.07) is 0. The highest BCUT2D eigenvalue weighted by Gasteiger charge is 2.09. The lowest BCUT2D eigenvalue weighted by molar-refractivity contribution is -0.150. The van der Waals surface area contributed by atoms with Crippen molar-refractivity contribution in [2.24, 2.45) is 0 Å². The van der Waals surface area contributed by atoms with E-state index in [1.54, 1.807) is 0 Å². The normalized spacial score (nSPS) is 10.0. The zero-order chi connectivity index (χ0) is 19.3. The van der Waals surface area contributed by atoms with Gasteiger partial charge in [0.2, 0.25) is 0 Å². The van der Waals surface area contributed by atoms with Crippen molar-refractivity contribution in [1.82, 2.24) is 0 Å². The maximum atomic E-state index is 11.5. The van der Waals surface area contributed by atoms with Gasteiger partial charge in [0.25, 0.3) is 0 Å². The van der Waals surface area contributed by atoms with E-state index in [2.05, 4.69) is 13.2 Å². The van der Waals surface area contributed by atoms with Crippen molar-refractivity contribution in [3.63, 3.8) is 0 Å². The molecule has 6 nitrogen and oxygen atoms in total. The largest absolute Gasteiger partial charge is 0.502 e. The minimum atomic E-state index is -0.348. The van der Waals surface area contributed by atoms with Gasteiger partial charge in [-0.1, -0.05) is 13.2 Å². The van der Waals surface area contributed by atoms with Crippen LogP contribution in [-0.2, 0) is 28.5 Å². The Morgan fingerprint density at radius 1 is 0.577 bits per heavy atom. The molecule has 0 spiro atoms. The Morgan fingerprint density at radius 2 is 0.923 bits per heavy atom. The predicted molar refractivity (Wildman–Crippen MR) is 100 cm³/mol. The first kappa shape index (κ1) is 24.0. The molecule has 0 saturated carbocycles. The van der Waals surface area contributed by atoms with Gasteiger partial charge in [0.05, 0.1) is 51.8 Å². The minimum absolute atomic E-state index is 0.0743. The van der Waals surface area contributed by atoms with Crippen LogP contribution in [0.25, 0.3) is 0 Å². The molecule has 0 atom stereocenters. The molecular weight excluding hydrogens is 336 g/mol. The minimum Gasteiger partial charge on any atom is -0.502 e. The Balaban J connectivity index is 3.35. The second kappa shape index (κ2) is 19.3. The number of hydrogen-bond donors (Lipinski definition) is 0. The van der Waals surface area contributed by atoms with Gasteiger partial charge in [0.15, 0.2) is 0 Å². The molecule has 26 heavy (non-hydrogen) atoms. The molecule has 0 aliphatic heterocycles. The first-order valence-electron chi connectivity index (χ1n) is 9.47. The van der Waals surface area contributed by atoms with Crippen molar-refractivity contribution in [1.29, 1.82) is 0 Å². The summed E-state index contributed by atoms with van der Waals surface area (Å²) in [6.45, 7) is 9.09. The maximum Gasteiger partial charge on any atom is 0.306 e. The van der Waals surface area contributed by atoms with E-state index < -0.39 is 0 Å². The van der Waals surface area contributed by atoms with Crippen molar-refractivity contribution in [3.05, 3.63) is 25.7 Å². The standard InChI is InChI=1S/C20H34O6/c1-3-23-15-9-5-7-11-17-25-19(21)13-14-20(22)26-18-12-8-6-10-16-24-4-2/h3-4H,1-2,5-18H2. The zero-order valence-corrected chi connectivity index (χ0v) is 15.9. The number of unbranched alkanes of at least 4 members (excludes halogenated alkanes) is 6. The zero-order valence-electron chi connectivity index (χ0n) is 15.9. The Labute approximate surface area is 157 Å². The van der Waals surface area contributed by atoms with Crippen molar-refractivity contribution in [2.75, 3.05) is 26.4 Å². The first-order chi connectivity index (χ1) is 12.7. The average molecular weight is 370 g/mol. The van der Waals surface area contributed by atoms with Gasteiger partial charge < -0.3 is 18.9 Å². The Bertz CT molecular complexity index is 344. The molecule has 0 amide bonds. The van der Waals surface area contributed by atoms with Crippen LogP contribution in [-0.4, -0.2) is 38.4 Å². The third-order valence-corrected chi connectivity index (χ3v) is 3.61. The molecule has 6 heteroatoms. The summed E-state index contributed by atoms with van der Waals surface area (Å²) >= 11 is 0. The van der Waals surface area contributed by atoms with Gasteiger partial charge in [-0.3, -0.25) is 9.59 Å². The van der Waals surface area contributed by atoms with Gasteiger partial charge in [-0.15, -0.1) is 0 Å². The molecule has 0 radical (unpaired) electrons. The van der Waals surface area contributed by atoms with Crippen LogP contribution in [0.4, 0.5) is 0 Å². The van der Waals surface area contributed by atoms with Gasteiger partial charge in [-0.05, 0) is 51.4 Å². The lowest BCUT2D eigenvalue weighted by Crippen LogP contribution is -2.11. The molecule has 0 aromatic rings. The highest BCUT2D eigenvalue weighted by Crippen LogP contribution is 2.04. The third-order valence-electron chi connectivity index (χ3n) is 3.61. The quantitative estimate of drug-likeness (QED) is 0.192. The summed E-state index contributed by atoms with van der Waals surface area (Å²) in [4.78, 5) is 23.1. The van der Waals surface area contributed by atoms with Gasteiger partial charge in [-0.25, -0.2) is 0 Å². The smallest absolute Gasteiger partial charge is 0.306 e. The van der Waals surface area contributed by atoms with E-state index in [1.165, 1.54) is 12.5 Å². The fraction of sp³-hybridized carbons (Fsp3) is 0.700. The van der Waals surface area contributed by atoms with Crippen molar-refractivity contribution < 1.29 is 28.5 Å². The van der Waals surface area contributed by atoms with Gasteiger partial charge in [0, 0.05) is 0 Å². The van der Waals surface area contributed by atoms with Crippen molar-refractivity contribution in [2.45, 2.75) is 64.2 Å². The van der Waals surface area contributed by atoms with Gasteiger partial charge in [0.1, 0.15) is 0 Å². The monoisotopic (exact) mass is 370 g/mol. The number of rotatable bonds is 19. The van der Waals surface area contributed by atoms with Crippen LogP contribution < -0.4 is 0 Å². The van der Waals surface area contributed by atoms with Crippen LogP contribution >= 0.6 is 0 Å². The molecule has 0 rings (SSSR count). The Kier molecular flexibility index (Phi) is 17.9. The molecular formula is C20H34O6. The summed E-state index contributed by atoms with van der Waals surface area (Å²) in [5, 5.41) is 0. The first-order valence-corrected chi connectivity index (χ1v) is 9.47. The van der Waals surface area contributed by atoms with Crippen LogP contribution in [0.2, 0.25) is 0 Å². The van der Waals surface area contributed by atoms with Gasteiger partial charge in [-0.2, -0.15) is 0 Å². The van der Waals surface area contributed by atoms with Gasteiger partial charge >= 0.3 is 11.9 Å².